The largest absolute Gasteiger partial charge is 0.496 e. The lowest BCUT2D eigenvalue weighted by molar-refractivity contribution is 0.0911. The van der Waals surface area contributed by atoms with Crippen LogP contribution < -0.4 is 4.74 Å². The van der Waals surface area contributed by atoms with Crippen molar-refractivity contribution in [3.05, 3.63) is 48.0 Å². The first-order valence-electron chi connectivity index (χ1n) is 5.37. The van der Waals surface area contributed by atoms with Crippen LogP contribution in [0.4, 0.5) is 0 Å². The Bertz CT molecular complexity index is 532. The Kier molecular flexibility index (Phi) is 3.23. The molecular weight excluding hydrogens is 216 g/mol. The number of ether oxygens (including phenoxy) is 1. The minimum absolute atomic E-state index is 0.00972. The zero-order valence-corrected chi connectivity index (χ0v) is 9.88. The van der Waals surface area contributed by atoms with Crippen molar-refractivity contribution in [1.82, 2.24) is 9.55 Å². The summed E-state index contributed by atoms with van der Waals surface area (Å²) in [6, 6.07) is 7.52. The van der Waals surface area contributed by atoms with Crippen LogP contribution in [0, 0.1) is 6.92 Å². The monoisotopic (exact) mass is 230 g/mol. The molecule has 0 saturated heterocycles. The van der Waals surface area contributed by atoms with E-state index in [0.29, 0.717) is 12.2 Å². The number of rotatable bonds is 3. The van der Waals surface area contributed by atoms with Gasteiger partial charge in [0, 0.05) is 18.0 Å². The number of nitrogens with zero attached hydrogens (tertiary/aromatic N) is 2. The summed E-state index contributed by atoms with van der Waals surface area (Å²) >= 11 is 0. The van der Waals surface area contributed by atoms with Crippen LogP contribution in [-0.4, -0.2) is 22.6 Å². The number of benzene rings is 1. The minimum atomic E-state index is -0.00972. The van der Waals surface area contributed by atoms with Crippen LogP contribution in [0.2, 0.25) is 0 Å². The first kappa shape index (κ1) is 11.4. The molecule has 1 aromatic heterocycles. The first-order chi connectivity index (χ1) is 8.22. The highest BCUT2D eigenvalue weighted by atomic mass is 16.5. The minimum Gasteiger partial charge on any atom is -0.496 e. The van der Waals surface area contributed by atoms with Gasteiger partial charge >= 0.3 is 0 Å². The van der Waals surface area contributed by atoms with Gasteiger partial charge in [-0.15, -0.1) is 0 Å². The number of carbonyl (C=O) groups excluding carboxylic acids is 1. The van der Waals surface area contributed by atoms with E-state index in [2.05, 4.69) is 4.98 Å². The number of aryl methyl sites for hydroxylation is 1. The predicted octanol–water partition coefficient (Wildman–Crippen LogP) is 2.08. The summed E-state index contributed by atoms with van der Waals surface area (Å²) in [4.78, 5) is 16.1. The molecule has 17 heavy (non-hydrogen) atoms. The summed E-state index contributed by atoms with van der Waals surface area (Å²) in [5.41, 5.74) is 0.883. The molecule has 0 amide bonds. The van der Waals surface area contributed by atoms with Crippen molar-refractivity contribution in [2.75, 3.05) is 7.11 Å². The number of imidazole rings is 1. The second kappa shape index (κ2) is 4.82. The molecule has 4 nitrogen and oxygen atoms in total. The van der Waals surface area contributed by atoms with Crippen LogP contribution in [-0.2, 0) is 6.42 Å². The molecule has 2 rings (SSSR count). The van der Waals surface area contributed by atoms with Crippen molar-refractivity contribution in [2.45, 2.75) is 13.3 Å². The maximum absolute atomic E-state index is 12.0. The molecule has 0 fully saturated rings. The second-order valence-electron chi connectivity index (χ2n) is 3.73. The highest BCUT2D eigenvalue weighted by Gasteiger charge is 2.11. The Morgan fingerprint density at radius 2 is 2.18 bits per heavy atom. The zero-order chi connectivity index (χ0) is 12.3. The van der Waals surface area contributed by atoms with Crippen LogP contribution in [0.5, 0.6) is 5.75 Å². The average molecular weight is 230 g/mol. The normalized spacial score (nSPS) is 10.2. The van der Waals surface area contributed by atoms with Gasteiger partial charge in [-0.25, -0.2) is 4.98 Å². The number of hydrogen-bond donors (Lipinski definition) is 0. The number of methoxy groups -OCH3 is 1. The van der Waals surface area contributed by atoms with E-state index in [1.165, 1.54) is 0 Å². The molecule has 1 heterocycles. The lowest BCUT2D eigenvalue weighted by Crippen LogP contribution is -2.14. The third kappa shape index (κ3) is 2.36. The summed E-state index contributed by atoms with van der Waals surface area (Å²) in [7, 11) is 1.60. The Morgan fingerprint density at radius 1 is 1.41 bits per heavy atom. The third-order valence-corrected chi connectivity index (χ3v) is 2.63. The standard InChI is InChI=1S/C13H14N2O2/c1-10-14-7-8-15(10)13(16)9-11-5-3-4-6-12(11)17-2/h3-8H,9H2,1-2H3. The van der Waals surface area contributed by atoms with Gasteiger partial charge in [-0.05, 0) is 13.0 Å². The topological polar surface area (TPSA) is 44.1 Å². The SMILES string of the molecule is COc1ccccc1CC(=O)n1ccnc1C. The van der Waals surface area contributed by atoms with Crippen LogP contribution >= 0.6 is 0 Å². The van der Waals surface area contributed by atoms with E-state index in [0.717, 1.165) is 11.3 Å². The van der Waals surface area contributed by atoms with Gasteiger partial charge in [0.15, 0.2) is 0 Å². The maximum atomic E-state index is 12.0. The molecule has 0 N–H and O–H groups in total. The van der Waals surface area contributed by atoms with E-state index in [-0.39, 0.29) is 5.91 Å². The second-order valence-corrected chi connectivity index (χ2v) is 3.73. The molecule has 0 atom stereocenters. The number of hydrogen-bond acceptors (Lipinski definition) is 3. The van der Waals surface area contributed by atoms with E-state index in [9.17, 15) is 4.79 Å². The van der Waals surface area contributed by atoms with Gasteiger partial charge in [0.25, 0.3) is 0 Å². The average Bonchev–Trinajstić information content (AvgIpc) is 2.76. The lowest BCUT2D eigenvalue weighted by atomic mass is 10.1. The van der Waals surface area contributed by atoms with E-state index < -0.39 is 0 Å². The molecule has 0 radical (unpaired) electrons. The zero-order valence-electron chi connectivity index (χ0n) is 9.88. The van der Waals surface area contributed by atoms with Gasteiger partial charge in [-0.2, -0.15) is 0 Å². The van der Waals surface area contributed by atoms with Gasteiger partial charge in [-0.1, -0.05) is 18.2 Å². The fourth-order valence-corrected chi connectivity index (χ4v) is 1.74. The lowest BCUT2D eigenvalue weighted by Gasteiger charge is -2.08. The fraction of sp³-hybridized carbons (Fsp3) is 0.231. The van der Waals surface area contributed by atoms with Crippen molar-refractivity contribution in [3.63, 3.8) is 0 Å². The van der Waals surface area contributed by atoms with Crippen molar-refractivity contribution in [3.8, 4) is 5.75 Å². The number of carbonyl (C=O) groups is 1. The smallest absolute Gasteiger partial charge is 0.236 e. The van der Waals surface area contributed by atoms with E-state index in [4.69, 9.17) is 4.74 Å². The van der Waals surface area contributed by atoms with E-state index in [1.807, 2.05) is 24.3 Å². The van der Waals surface area contributed by atoms with E-state index in [1.54, 1.807) is 31.0 Å². The van der Waals surface area contributed by atoms with Gasteiger partial charge < -0.3 is 4.74 Å². The van der Waals surface area contributed by atoms with Crippen LogP contribution in [0.1, 0.15) is 16.2 Å². The fourth-order valence-electron chi connectivity index (χ4n) is 1.74. The Morgan fingerprint density at radius 3 is 2.82 bits per heavy atom. The molecule has 88 valence electrons. The van der Waals surface area contributed by atoms with Crippen LogP contribution in [0.3, 0.4) is 0 Å². The molecule has 4 heteroatoms. The Labute approximate surface area is 99.9 Å². The molecule has 0 spiro atoms. The molecule has 0 aliphatic carbocycles. The van der Waals surface area contributed by atoms with Crippen LogP contribution in [0.15, 0.2) is 36.7 Å². The van der Waals surface area contributed by atoms with Gasteiger partial charge in [0.05, 0.1) is 13.5 Å². The van der Waals surface area contributed by atoms with Gasteiger partial charge in [0.1, 0.15) is 11.6 Å². The molecule has 0 bridgehead atoms. The molecule has 0 aliphatic rings. The quantitative estimate of drug-likeness (QED) is 0.810. The van der Waals surface area contributed by atoms with Crippen molar-refractivity contribution < 1.29 is 9.53 Å². The molecule has 1 aromatic carbocycles. The Hall–Kier alpha value is -2.10. The molecule has 0 aliphatic heterocycles. The third-order valence-electron chi connectivity index (χ3n) is 2.63. The summed E-state index contributed by atoms with van der Waals surface area (Å²) in [5, 5.41) is 0. The maximum Gasteiger partial charge on any atom is 0.236 e. The molecule has 0 unspecified atom stereocenters. The molecule has 0 saturated carbocycles. The molecule has 2 aromatic rings. The number of aromatic nitrogens is 2. The molecular formula is C13H14N2O2. The van der Waals surface area contributed by atoms with Crippen LogP contribution in [0.25, 0.3) is 0 Å². The van der Waals surface area contributed by atoms with E-state index >= 15 is 0 Å². The summed E-state index contributed by atoms with van der Waals surface area (Å²) in [6.45, 7) is 1.81. The predicted molar refractivity (Wildman–Crippen MR) is 64.3 cm³/mol. The van der Waals surface area contributed by atoms with Crippen molar-refractivity contribution in [2.24, 2.45) is 0 Å². The summed E-state index contributed by atoms with van der Waals surface area (Å²) < 4.78 is 6.76. The first-order valence-corrected chi connectivity index (χ1v) is 5.37. The van der Waals surface area contributed by atoms with Crippen molar-refractivity contribution in [1.29, 1.82) is 0 Å². The van der Waals surface area contributed by atoms with Crippen molar-refractivity contribution >= 4 is 5.91 Å². The van der Waals surface area contributed by atoms with Gasteiger partial charge in [0.2, 0.25) is 5.91 Å². The summed E-state index contributed by atoms with van der Waals surface area (Å²) in [5.74, 6) is 1.42. The van der Waals surface area contributed by atoms with Gasteiger partial charge in [-0.3, -0.25) is 9.36 Å². The number of para-hydroxylation sites is 1. The highest BCUT2D eigenvalue weighted by Crippen LogP contribution is 2.18. The Balaban J connectivity index is 2.22. The highest BCUT2D eigenvalue weighted by molar-refractivity contribution is 5.82. The summed E-state index contributed by atoms with van der Waals surface area (Å²) in [6.07, 6.45) is 3.60.